The van der Waals surface area contributed by atoms with E-state index in [1.807, 2.05) is 19.1 Å². The van der Waals surface area contributed by atoms with Gasteiger partial charge >= 0.3 is 0 Å². The number of benzene rings is 1. The van der Waals surface area contributed by atoms with E-state index in [1.54, 1.807) is 43.5 Å². The smallest absolute Gasteiger partial charge is 0.277 e. The maximum Gasteiger partial charge on any atom is 0.277 e. The Bertz CT molecular complexity index is 743. The highest BCUT2D eigenvalue weighted by atomic mass is 16.5. The van der Waals surface area contributed by atoms with Crippen LogP contribution in [0.4, 0.5) is 5.82 Å². The molecule has 0 saturated carbocycles. The molecule has 7 heteroatoms. The van der Waals surface area contributed by atoms with Gasteiger partial charge in [0.2, 0.25) is 5.91 Å². The van der Waals surface area contributed by atoms with Crippen molar-refractivity contribution >= 4 is 23.3 Å². The zero-order valence-electron chi connectivity index (χ0n) is 14.2. The van der Waals surface area contributed by atoms with Gasteiger partial charge < -0.3 is 10.1 Å². The van der Waals surface area contributed by atoms with Gasteiger partial charge in [-0.3, -0.25) is 9.59 Å². The lowest BCUT2D eigenvalue weighted by atomic mass is 10.2. The minimum atomic E-state index is -0.398. The van der Waals surface area contributed by atoms with Crippen LogP contribution in [0.1, 0.15) is 18.9 Å². The second-order valence-corrected chi connectivity index (χ2v) is 5.42. The van der Waals surface area contributed by atoms with Gasteiger partial charge in [0.15, 0.2) is 6.61 Å². The highest BCUT2D eigenvalue weighted by Crippen LogP contribution is 2.10. The molecule has 1 aromatic heterocycles. The van der Waals surface area contributed by atoms with Crippen LogP contribution in [0.5, 0.6) is 5.75 Å². The van der Waals surface area contributed by atoms with Crippen molar-refractivity contribution in [3.8, 4) is 5.75 Å². The first-order valence-corrected chi connectivity index (χ1v) is 7.75. The largest absolute Gasteiger partial charge is 0.484 e. The number of carbonyl (C=O) groups excluding carboxylic acids is 2. The van der Waals surface area contributed by atoms with E-state index in [0.29, 0.717) is 17.3 Å². The van der Waals surface area contributed by atoms with Crippen molar-refractivity contribution in [1.29, 1.82) is 0 Å². The van der Waals surface area contributed by atoms with Crippen LogP contribution in [-0.4, -0.2) is 29.1 Å². The number of nitrogens with one attached hydrogen (secondary N) is 2. The molecule has 0 spiro atoms. The number of nitrogens with zero attached hydrogens (tertiary/aromatic N) is 2. The number of aryl methyl sites for hydroxylation is 1. The summed E-state index contributed by atoms with van der Waals surface area (Å²) in [6.45, 7) is 3.47. The van der Waals surface area contributed by atoms with Crippen molar-refractivity contribution in [2.75, 3.05) is 11.9 Å². The van der Waals surface area contributed by atoms with Crippen LogP contribution in [0.25, 0.3) is 0 Å². The van der Waals surface area contributed by atoms with E-state index < -0.39 is 5.91 Å². The van der Waals surface area contributed by atoms with Crippen molar-refractivity contribution in [2.45, 2.75) is 20.3 Å². The number of hydrazone groups is 1. The number of aromatic nitrogens is 1. The topological polar surface area (TPSA) is 92.7 Å². The van der Waals surface area contributed by atoms with Gasteiger partial charge in [0, 0.05) is 11.9 Å². The first-order valence-electron chi connectivity index (χ1n) is 7.75. The molecule has 7 nitrogen and oxygen atoms in total. The van der Waals surface area contributed by atoms with Crippen LogP contribution in [0.3, 0.4) is 0 Å². The SMILES string of the molecule is C/C(CC(=O)Nc1ccccn1)=N/NC(=O)COc1ccc(C)cc1. The summed E-state index contributed by atoms with van der Waals surface area (Å²) < 4.78 is 5.35. The number of pyridine rings is 1. The Balaban J connectivity index is 1.73. The molecular formula is C18H20N4O3. The van der Waals surface area contributed by atoms with Crippen LogP contribution in [0.2, 0.25) is 0 Å². The van der Waals surface area contributed by atoms with E-state index in [-0.39, 0.29) is 18.9 Å². The molecule has 0 bridgehead atoms. The highest BCUT2D eigenvalue weighted by molar-refractivity contribution is 6.05. The normalized spacial score (nSPS) is 10.9. The Morgan fingerprint density at radius 1 is 1.12 bits per heavy atom. The zero-order valence-corrected chi connectivity index (χ0v) is 14.2. The van der Waals surface area contributed by atoms with Gasteiger partial charge in [0.1, 0.15) is 11.6 Å². The van der Waals surface area contributed by atoms with E-state index in [1.165, 1.54) is 0 Å². The second-order valence-electron chi connectivity index (χ2n) is 5.42. The molecule has 2 aromatic rings. The minimum Gasteiger partial charge on any atom is -0.484 e. The first-order chi connectivity index (χ1) is 12.0. The lowest BCUT2D eigenvalue weighted by Crippen LogP contribution is -2.26. The lowest BCUT2D eigenvalue weighted by molar-refractivity contribution is -0.123. The van der Waals surface area contributed by atoms with E-state index in [4.69, 9.17) is 4.74 Å². The third-order valence-electron chi connectivity index (χ3n) is 3.11. The average molecular weight is 340 g/mol. The molecule has 2 rings (SSSR count). The number of anilines is 1. The number of rotatable bonds is 7. The Labute approximate surface area is 146 Å². The maximum absolute atomic E-state index is 11.8. The fraction of sp³-hybridized carbons (Fsp3) is 0.222. The van der Waals surface area contributed by atoms with Gasteiger partial charge in [-0.25, -0.2) is 10.4 Å². The van der Waals surface area contributed by atoms with Crippen LogP contribution in [0, 0.1) is 6.92 Å². The molecule has 0 unspecified atom stereocenters. The predicted octanol–water partition coefficient (Wildman–Crippen LogP) is 2.29. The maximum atomic E-state index is 11.8. The van der Waals surface area contributed by atoms with Gasteiger partial charge in [-0.05, 0) is 38.1 Å². The summed E-state index contributed by atoms with van der Waals surface area (Å²) in [4.78, 5) is 27.5. The fourth-order valence-electron chi connectivity index (χ4n) is 1.87. The number of ether oxygens (including phenoxy) is 1. The van der Waals surface area contributed by atoms with Crippen molar-refractivity contribution in [3.05, 3.63) is 54.2 Å². The average Bonchev–Trinajstić information content (AvgIpc) is 2.60. The highest BCUT2D eigenvalue weighted by Gasteiger charge is 2.06. The number of carbonyl (C=O) groups is 2. The van der Waals surface area contributed by atoms with Crippen LogP contribution < -0.4 is 15.5 Å². The quantitative estimate of drug-likeness (QED) is 0.597. The van der Waals surface area contributed by atoms with Gasteiger partial charge in [-0.2, -0.15) is 5.10 Å². The van der Waals surface area contributed by atoms with Crippen LogP contribution in [-0.2, 0) is 9.59 Å². The molecule has 1 heterocycles. The standard InChI is InChI=1S/C18H20N4O3/c1-13-6-8-15(9-7-13)25-12-18(24)22-21-14(2)11-17(23)20-16-5-3-4-10-19-16/h3-10H,11-12H2,1-2H3,(H,22,24)(H,19,20,23)/b21-14-. The summed E-state index contributed by atoms with van der Waals surface area (Å²) in [7, 11) is 0. The van der Waals surface area contributed by atoms with E-state index >= 15 is 0 Å². The first kappa shape index (κ1) is 18.1. The van der Waals surface area contributed by atoms with Crippen molar-refractivity contribution in [2.24, 2.45) is 5.10 Å². The van der Waals surface area contributed by atoms with Crippen LogP contribution in [0.15, 0.2) is 53.8 Å². The fourth-order valence-corrected chi connectivity index (χ4v) is 1.87. The molecule has 0 saturated heterocycles. The van der Waals surface area contributed by atoms with Gasteiger partial charge in [-0.1, -0.05) is 23.8 Å². The third kappa shape index (κ3) is 6.82. The van der Waals surface area contributed by atoms with Crippen molar-refractivity contribution in [1.82, 2.24) is 10.4 Å². The summed E-state index contributed by atoms with van der Waals surface area (Å²) in [5.41, 5.74) is 3.94. The van der Waals surface area contributed by atoms with Gasteiger partial charge in [-0.15, -0.1) is 0 Å². The van der Waals surface area contributed by atoms with Crippen molar-refractivity contribution < 1.29 is 14.3 Å². The molecular weight excluding hydrogens is 320 g/mol. The molecule has 0 aliphatic carbocycles. The molecule has 0 atom stereocenters. The summed E-state index contributed by atoms with van der Waals surface area (Å²) >= 11 is 0. The molecule has 0 radical (unpaired) electrons. The summed E-state index contributed by atoms with van der Waals surface area (Å²) in [5, 5.41) is 6.53. The monoisotopic (exact) mass is 340 g/mol. The Kier molecular flexibility index (Phi) is 6.65. The Morgan fingerprint density at radius 3 is 2.56 bits per heavy atom. The predicted molar refractivity (Wildman–Crippen MR) is 95.4 cm³/mol. The molecule has 0 aliphatic rings. The Hall–Kier alpha value is -3.22. The van der Waals surface area contributed by atoms with Crippen molar-refractivity contribution in [3.63, 3.8) is 0 Å². The number of hydrogen-bond acceptors (Lipinski definition) is 5. The Morgan fingerprint density at radius 2 is 1.88 bits per heavy atom. The lowest BCUT2D eigenvalue weighted by Gasteiger charge is -2.06. The summed E-state index contributed by atoms with van der Waals surface area (Å²) in [6, 6.07) is 12.6. The van der Waals surface area contributed by atoms with Crippen LogP contribution >= 0.6 is 0 Å². The third-order valence-corrected chi connectivity index (χ3v) is 3.11. The zero-order chi connectivity index (χ0) is 18.1. The number of amides is 2. The minimum absolute atomic E-state index is 0.0513. The molecule has 2 N–H and O–H groups in total. The molecule has 0 fully saturated rings. The van der Waals surface area contributed by atoms with E-state index in [9.17, 15) is 9.59 Å². The molecule has 1 aromatic carbocycles. The van der Waals surface area contributed by atoms with E-state index in [0.717, 1.165) is 5.56 Å². The summed E-state index contributed by atoms with van der Waals surface area (Å²) in [6.07, 6.45) is 1.64. The second kappa shape index (κ2) is 9.17. The van der Waals surface area contributed by atoms with E-state index in [2.05, 4.69) is 20.8 Å². The molecule has 130 valence electrons. The van der Waals surface area contributed by atoms with Gasteiger partial charge in [0.25, 0.3) is 5.91 Å². The molecule has 25 heavy (non-hydrogen) atoms. The molecule has 0 aliphatic heterocycles. The summed E-state index contributed by atoms with van der Waals surface area (Å²) in [5.74, 6) is 0.419. The molecule has 2 amide bonds. The number of hydrogen-bond donors (Lipinski definition) is 2. The van der Waals surface area contributed by atoms with Gasteiger partial charge in [0.05, 0.1) is 6.42 Å².